The Kier molecular flexibility index (Phi) is 7.25. The molecule has 0 heterocycles. The second kappa shape index (κ2) is 8.74. The van der Waals surface area contributed by atoms with Crippen LogP contribution in [0.25, 0.3) is 0 Å². The van der Waals surface area contributed by atoms with E-state index in [0.29, 0.717) is 12.5 Å². The lowest BCUT2D eigenvalue weighted by molar-refractivity contribution is 0.315. The molecule has 2 heteroatoms. The Morgan fingerprint density at radius 1 is 1.26 bits per heavy atom. The number of rotatable bonds is 8. The highest BCUT2D eigenvalue weighted by molar-refractivity contribution is 5.27. The monoisotopic (exact) mass is 258 g/mol. The molecule has 0 saturated heterocycles. The molecule has 0 aliphatic rings. The van der Waals surface area contributed by atoms with Gasteiger partial charge in [0, 0.05) is 13.1 Å². The van der Waals surface area contributed by atoms with Crippen LogP contribution >= 0.6 is 0 Å². The van der Waals surface area contributed by atoms with Crippen molar-refractivity contribution in [3.05, 3.63) is 35.4 Å². The molecule has 1 N–H and O–H groups in total. The highest BCUT2D eigenvalue weighted by Gasteiger charge is 2.06. The van der Waals surface area contributed by atoms with Gasteiger partial charge in [-0.3, -0.25) is 4.90 Å². The Bertz CT molecular complexity index is 404. The molecule has 2 nitrogen and oxygen atoms in total. The fourth-order valence-electron chi connectivity index (χ4n) is 2.03. The molecule has 0 atom stereocenters. The SMILES string of the molecule is C#CCN(CC)Cc1ccccc1CNCC(C)C. The van der Waals surface area contributed by atoms with Crippen LogP contribution in [0.2, 0.25) is 0 Å². The van der Waals surface area contributed by atoms with Gasteiger partial charge in [0.15, 0.2) is 0 Å². The summed E-state index contributed by atoms with van der Waals surface area (Å²) in [5, 5.41) is 3.51. The Balaban J connectivity index is 2.64. The predicted octanol–water partition coefficient (Wildman–Crippen LogP) is 2.89. The largest absolute Gasteiger partial charge is 0.312 e. The molecule has 0 aliphatic carbocycles. The topological polar surface area (TPSA) is 15.3 Å². The van der Waals surface area contributed by atoms with Gasteiger partial charge in [0.1, 0.15) is 0 Å². The van der Waals surface area contributed by atoms with Crippen molar-refractivity contribution in [1.82, 2.24) is 10.2 Å². The maximum atomic E-state index is 5.41. The minimum Gasteiger partial charge on any atom is -0.312 e. The van der Waals surface area contributed by atoms with Crippen LogP contribution in [0.3, 0.4) is 0 Å². The third kappa shape index (κ3) is 5.92. The first-order chi connectivity index (χ1) is 9.17. The van der Waals surface area contributed by atoms with E-state index in [-0.39, 0.29) is 0 Å². The van der Waals surface area contributed by atoms with E-state index in [1.165, 1.54) is 11.1 Å². The van der Waals surface area contributed by atoms with Gasteiger partial charge in [-0.1, -0.05) is 51.0 Å². The van der Waals surface area contributed by atoms with Gasteiger partial charge < -0.3 is 5.32 Å². The van der Waals surface area contributed by atoms with Crippen molar-refractivity contribution in [2.24, 2.45) is 5.92 Å². The van der Waals surface area contributed by atoms with Gasteiger partial charge in [0.2, 0.25) is 0 Å². The molecule has 1 aromatic carbocycles. The molecule has 0 amide bonds. The molecule has 0 aliphatic heterocycles. The second-order valence-corrected chi connectivity index (χ2v) is 5.30. The average Bonchev–Trinajstić information content (AvgIpc) is 2.39. The van der Waals surface area contributed by atoms with E-state index in [9.17, 15) is 0 Å². The van der Waals surface area contributed by atoms with Crippen LogP contribution in [0, 0.1) is 18.3 Å². The fourth-order valence-corrected chi connectivity index (χ4v) is 2.03. The molecule has 0 radical (unpaired) electrons. The molecular weight excluding hydrogens is 232 g/mol. The number of benzene rings is 1. The van der Waals surface area contributed by atoms with Crippen LogP contribution in [0.15, 0.2) is 24.3 Å². The summed E-state index contributed by atoms with van der Waals surface area (Å²) >= 11 is 0. The van der Waals surface area contributed by atoms with Crippen LogP contribution in [0.1, 0.15) is 31.9 Å². The van der Waals surface area contributed by atoms with Gasteiger partial charge in [-0.15, -0.1) is 6.42 Å². The first kappa shape index (κ1) is 15.8. The zero-order valence-electron chi connectivity index (χ0n) is 12.4. The number of hydrogen-bond acceptors (Lipinski definition) is 2. The van der Waals surface area contributed by atoms with Crippen molar-refractivity contribution in [2.45, 2.75) is 33.9 Å². The van der Waals surface area contributed by atoms with E-state index in [0.717, 1.165) is 26.2 Å². The highest BCUT2D eigenvalue weighted by Crippen LogP contribution is 2.11. The average molecular weight is 258 g/mol. The van der Waals surface area contributed by atoms with Crippen molar-refractivity contribution in [3.63, 3.8) is 0 Å². The zero-order valence-corrected chi connectivity index (χ0v) is 12.4. The van der Waals surface area contributed by atoms with Crippen molar-refractivity contribution in [1.29, 1.82) is 0 Å². The summed E-state index contributed by atoms with van der Waals surface area (Å²) in [7, 11) is 0. The Labute approximate surface area is 118 Å². The molecule has 0 spiro atoms. The van der Waals surface area contributed by atoms with E-state index < -0.39 is 0 Å². The first-order valence-electron chi connectivity index (χ1n) is 7.10. The summed E-state index contributed by atoms with van der Waals surface area (Å²) in [6.45, 7) is 11.2. The summed E-state index contributed by atoms with van der Waals surface area (Å²) < 4.78 is 0. The quantitative estimate of drug-likeness (QED) is 0.721. The third-order valence-corrected chi connectivity index (χ3v) is 3.14. The van der Waals surface area contributed by atoms with Gasteiger partial charge in [-0.05, 0) is 30.1 Å². The molecule has 0 aromatic heterocycles. The molecule has 0 fully saturated rings. The highest BCUT2D eigenvalue weighted by atomic mass is 15.1. The van der Waals surface area contributed by atoms with Crippen LogP contribution in [-0.2, 0) is 13.1 Å². The number of hydrogen-bond donors (Lipinski definition) is 1. The first-order valence-corrected chi connectivity index (χ1v) is 7.10. The van der Waals surface area contributed by atoms with E-state index >= 15 is 0 Å². The maximum absolute atomic E-state index is 5.41. The lowest BCUT2D eigenvalue weighted by Crippen LogP contribution is -2.25. The molecule has 0 bridgehead atoms. The summed E-state index contributed by atoms with van der Waals surface area (Å²) in [5.74, 6) is 3.41. The van der Waals surface area contributed by atoms with E-state index in [1.807, 2.05) is 0 Å². The van der Waals surface area contributed by atoms with Crippen LogP contribution in [0.5, 0.6) is 0 Å². The summed E-state index contributed by atoms with van der Waals surface area (Å²) in [5.41, 5.74) is 2.74. The fraction of sp³-hybridized carbons (Fsp3) is 0.529. The summed E-state index contributed by atoms with van der Waals surface area (Å²) in [6, 6.07) is 8.61. The van der Waals surface area contributed by atoms with E-state index in [4.69, 9.17) is 6.42 Å². The van der Waals surface area contributed by atoms with Crippen LogP contribution < -0.4 is 5.32 Å². The molecule has 19 heavy (non-hydrogen) atoms. The lowest BCUT2D eigenvalue weighted by Gasteiger charge is -2.20. The van der Waals surface area contributed by atoms with Gasteiger partial charge in [0.25, 0.3) is 0 Å². The van der Waals surface area contributed by atoms with Crippen LogP contribution in [-0.4, -0.2) is 24.5 Å². The van der Waals surface area contributed by atoms with Gasteiger partial charge in [0.05, 0.1) is 6.54 Å². The predicted molar refractivity (Wildman–Crippen MR) is 82.8 cm³/mol. The molecular formula is C17H26N2. The minimum absolute atomic E-state index is 0.681. The summed E-state index contributed by atoms with van der Waals surface area (Å²) in [4.78, 5) is 2.28. The molecule has 0 saturated carbocycles. The molecule has 0 unspecified atom stereocenters. The third-order valence-electron chi connectivity index (χ3n) is 3.14. The standard InChI is InChI=1S/C17H26N2/c1-5-11-19(6-2)14-17-10-8-7-9-16(17)13-18-12-15(3)4/h1,7-10,15,18H,6,11-14H2,2-4H3. The van der Waals surface area contributed by atoms with Gasteiger partial charge in [-0.25, -0.2) is 0 Å². The van der Waals surface area contributed by atoms with Crippen molar-refractivity contribution < 1.29 is 0 Å². The Morgan fingerprint density at radius 3 is 2.53 bits per heavy atom. The van der Waals surface area contributed by atoms with E-state index in [2.05, 4.69) is 61.2 Å². The normalized spacial score (nSPS) is 10.9. The molecule has 104 valence electrons. The second-order valence-electron chi connectivity index (χ2n) is 5.30. The van der Waals surface area contributed by atoms with Crippen molar-refractivity contribution >= 4 is 0 Å². The molecule has 1 aromatic rings. The maximum Gasteiger partial charge on any atom is 0.0601 e. The summed E-state index contributed by atoms with van der Waals surface area (Å²) in [6.07, 6.45) is 5.41. The van der Waals surface area contributed by atoms with Crippen molar-refractivity contribution in [3.8, 4) is 12.3 Å². The van der Waals surface area contributed by atoms with Gasteiger partial charge in [-0.2, -0.15) is 0 Å². The number of nitrogens with zero attached hydrogens (tertiary/aromatic N) is 1. The zero-order chi connectivity index (χ0) is 14.1. The molecule has 1 rings (SSSR count). The van der Waals surface area contributed by atoms with Crippen molar-refractivity contribution in [2.75, 3.05) is 19.6 Å². The Hall–Kier alpha value is -1.30. The smallest absolute Gasteiger partial charge is 0.0601 e. The van der Waals surface area contributed by atoms with Gasteiger partial charge >= 0.3 is 0 Å². The van der Waals surface area contributed by atoms with Crippen LogP contribution in [0.4, 0.5) is 0 Å². The Morgan fingerprint density at radius 2 is 1.95 bits per heavy atom. The van der Waals surface area contributed by atoms with E-state index in [1.54, 1.807) is 0 Å². The lowest BCUT2D eigenvalue weighted by atomic mass is 10.1. The number of nitrogens with one attached hydrogen (secondary N) is 1. The minimum atomic E-state index is 0.681. The number of terminal acetylenes is 1.